The lowest BCUT2D eigenvalue weighted by Gasteiger charge is -2.00. The highest BCUT2D eigenvalue weighted by molar-refractivity contribution is 7.17. The van der Waals surface area contributed by atoms with Gasteiger partial charge in [0.25, 0.3) is 0 Å². The molecule has 0 atom stereocenters. The van der Waals surface area contributed by atoms with Crippen molar-refractivity contribution in [1.29, 1.82) is 0 Å². The minimum atomic E-state index is -0.0351. The maximum absolute atomic E-state index is 11.2. The van der Waals surface area contributed by atoms with Crippen molar-refractivity contribution < 1.29 is 14.7 Å². The first-order valence-corrected chi connectivity index (χ1v) is 5.83. The Bertz CT molecular complexity index is 584. The van der Waals surface area contributed by atoms with Gasteiger partial charge in [-0.3, -0.25) is 9.59 Å². The third kappa shape index (κ3) is 2.26. The van der Waals surface area contributed by atoms with Crippen molar-refractivity contribution in [3.63, 3.8) is 0 Å². The molecule has 4 heteroatoms. The van der Waals surface area contributed by atoms with Crippen LogP contribution in [0.25, 0.3) is 10.4 Å². The van der Waals surface area contributed by atoms with Crippen LogP contribution in [-0.2, 0) is 0 Å². The van der Waals surface area contributed by atoms with Crippen LogP contribution in [0.3, 0.4) is 0 Å². The third-order valence-corrected chi connectivity index (χ3v) is 3.63. The van der Waals surface area contributed by atoms with Crippen LogP contribution < -0.4 is 0 Å². The number of rotatable bonds is 3. The van der Waals surface area contributed by atoms with Crippen LogP contribution >= 0.6 is 11.3 Å². The van der Waals surface area contributed by atoms with Gasteiger partial charge in [0.1, 0.15) is 5.75 Å². The Morgan fingerprint density at radius 2 is 2.06 bits per heavy atom. The van der Waals surface area contributed by atoms with E-state index in [0.29, 0.717) is 11.2 Å². The van der Waals surface area contributed by atoms with Gasteiger partial charge in [-0.1, -0.05) is 0 Å². The molecule has 1 aromatic carbocycles. The first kappa shape index (κ1) is 11.5. The maximum Gasteiger partial charge on any atom is 0.169 e. The van der Waals surface area contributed by atoms with E-state index in [-0.39, 0.29) is 17.1 Å². The zero-order valence-electron chi connectivity index (χ0n) is 9.14. The second-order valence-electron chi connectivity index (χ2n) is 3.61. The lowest BCUT2D eigenvalue weighted by Crippen LogP contribution is -1.84. The number of phenols is 1. The number of phenolic OH excluding ortho intramolecular Hbond substituents is 1. The number of carbonyl (C=O) groups excluding carboxylic acids is 2. The van der Waals surface area contributed by atoms with Crippen LogP contribution in [0.15, 0.2) is 30.3 Å². The number of ketones is 1. The van der Waals surface area contributed by atoms with Crippen molar-refractivity contribution in [2.75, 3.05) is 0 Å². The molecule has 1 heterocycles. The van der Waals surface area contributed by atoms with Crippen LogP contribution in [0.2, 0.25) is 0 Å². The molecule has 0 aliphatic heterocycles. The highest BCUT2D eigenvalue weighted by atomic mass is 32.1. The number of aldehydes is 1. The van der Waals surface area contributed by atoms with Gasteiger partial charge in [-0.2, -0.15) is 0 Å². The normalized spacial score (nSPS) is 10.2. The van der Waals surface area contributed by atoms with Gasteiger partial charge in [-0.05, 0) is 42.8 Å². The average Bonchev–Trinajstić information content (AvgIpc) is 2.79. The molecule has 0 radical (unpaired) electrons. The van der Waals surface area contributed by atoms with Crippen molar-refractivity contribution in [3.8, 4) is 16.2 Å². The van der Waals surface area contributed by atoms with Crippen molar-refractivity contribution in [2.24, 2.45) is 0 Å². The number of thiophene rings is 1. The Balaban J connectivity index is 2.45. The molecule has 0 saturated heterocycles. The second kappa shape index (κ2) is 4.51. The smallest absolute Gasteiger partial charge is 0.169 e. The molecule has 2 rings (SSSR count). The zero-order valence-corrected chi connectivity index (χ0v) is 9.95. The van der Waals surface area contributed by atoms with Crippen LogP contribution in [0, 0.1) is 0 Å². The summed E-state index contributed by atoms with van der Waals surface area (Å²) in [5, 5.41) is 9.39. The molecular weight excluding hydrogens is 236 g/mol. The largest absolute Gasteiger partial charge is 0.507 e. The van der Waals surface area contributed by atoms with E-state index in [0.717, 1.165) is 10.4 Å². The van der Waals surface area contributed by atoms with Crippen LogP contribution in [0.1, 0.15) is 27.0 Å². The number of hydrogen-bond acceptors (Lipinski definition) is 4. The summed E-state index contributed by atoms with van der Waals surface area (Å²) in [6.45, 7) is 1.52. The van der Waals surface area contributed by atoms with Crippen molar-refractivity contribution in [2.45, 2.75) is 6.92 Å². The molecule has 0 bridgehead atoms. The van der Waals surface area contributed by atoms with E-state index in [1.807, 2.05) is 6.07 Å². The summed E-state index contributed by atoms with van der Waals surface area (Å²) in [7, 11) is 0. The quantitative estimate of drug-likeness (QED) is 0.668. The Morgan fingerprint density at radius 3 is 2.65 bits per heavy atom. The summed E-state index contributed by atoms with van der Waals surface area (Å²) in [6, 6.07) is 8.40. The molecule has 0 aliphatic rings. The lowest BCUT2D eigenvalue weighted by molar-refractivity contribution is 0.102. The lowest BCUT2D eigenvalue weighted by atomic mass is 10.1. The molecular formula is C13H10O3S. The average molecular weight is 246 g/mol. The number of aromatic hydroxyl groups is 1. The Kier molecular flexibility index (Phi) is 3.06. The van der Waals surface area contributed by atoms with Gasteiger partial charge in [0.05, 0.1) is 10.4 Å². The summed E-state index contributed by atoms with van der Waals surface area (Å²) in [5.41, 5.74) is 1.07. The first-order valence-electron chi connectivity index (χ1n) is 5.01. The van der Waals surface area contributed by atoms with Crippen LogP contribution in [0.5, 0.6) is 5.75 Å². The van der Waals surface area contributed by atoms with E-state index in [4.69, 9.17) is 0 Å². The monoisotopic (exact) mass is 246 g/mol. The van der Waals surface area contributed by atoms with Gasteiger partial charge in [-0.25, -0.2) is 0 Å². The highest BCUT2D eigenvalue weighted by Crippen LogP contribution is 2.30. The third-order valence-electron chi connectivity index (χ3n) is 2.39. The van der Waals surface area contributed by atoms with Crippen LogP contribution in [0.4, 0.5) is 0 Å². The molecule has 17 heavy (non-hydrogen) atoms. The van der Waals surface area contributed by atoms with Crippen molar-refractivity contribution >= 4 is 23.4 Å². The van der Waals surface area contributed by atoms with Gasteiger partial charge in [-0.15, -0.1) is 11.3 Å². The zero-order chi connectivity index (χ0) is 12.4. The van der Waals surface area contributed by atoms with Gasteiger partial charge < -0.3 is 5.11 Å². The molecule has 2 aromatic rings. The molecule has 3 nitrogen and oxygen atoms in total. The number of Topliss-reactive ketones (excluding diaryl/α,β-unsaturated/α-hetero) is 1. The predicted octanol–water partition coefficient (Wildman–Crippen LogP) is 3.14. The van der Waals surface area contributed by atoms with Gasteiger partial charge in [0, 0.05) is 4.88 Å². The summed E-state index contributed by atoms with van der Waals surface area (Å²) >= 11 is 1.37. The number of carbonyl (C=O) groups is 2. The fourth-order valence-corrected chi connectivity index (χ4v) is 2.38. The molecule has 1 N–H and O–H groups in total. The van der Waals surface area contributed by atoms with E-state index >= 15 is 0 Å². The van der Waals surface area contributed by atoms with E-state index in [9.17, 15) is 14.7 Å². The van der Waals surface area contributed by atoms with Crippen molar-refractivity contribution in [1.82, 2.24) is 0 Å². The van der Waals surface area contributed by atoms with Gasteiger partial charge in [0.2, 0.25) is 0 Å². The fourth-order valence-electron chi connectivity index (χ4n) is 1.48. The van der Waals surface area contributed by atoms with Gasteiger partial charge >= 0.3 is 0 Å². The number of hydrogen-bond donors (Lipinski definition) is 1. The molecule has 0 saturated carbocycles. The molecule has 86 valence electrons. The summed E-state index contributed by atoms with van der Waals surface area (Å²) in [5.74, 6) is -0.0114. The summed E-state index contributed by atoms with van der Waals surface area (Å²) in [6.07, 6.45) is 0.609. The summed E-state index contributed by atoms with van der Waals surface area (Å²) < 4.78 is 0. The minimum Gasteiger partial charge on any atom is -0.507 e. The second-order valence-corrected chi connectivity index (χ2v) is 4.70. The predicted molar refractivity (Wildman–Crippen MR) is 66.8 cm³/mol. The van der Waals surface area contributed by atoms with Crippen molar-refractivity contribution in [3.05, 3.63) is 40.8 Å². The first-order chi connectivity index (χ1) is 8.11. The van der Waals surface area contributed by atoms with Crippen LogP contribution in [-0.4, -0.2) is 17.2 Å². The maximum atomic E-state index is 11.2. The Morgan fingerprint density at radius 1 is 1.29 bits per heavy atom. The molecule has 0 unspecified atom stereocenters. The Hall–Kier alpha value is -1.94. The SMILES string of the molecule is CC(=O)c1ccc(-c2ccc(O)c(C=O)c2)s1. The molecule has 0 amide bonds. The molecule has 1 aromatic heterocycles. The van der Waals surface area contributed by atoms with E-state index < -0.39 is 0 Å². The van der Waals surface area contributed by atoms with E-state index in [2.05, 4.69) is 0 Å². The molecule has 0 spiro atoms. The molecule has 0 fully saturated rings. The van der Waals surface area contributed by atoms with E-state index in [1.54, 1.807) is 18.2 Å². The number of benzene rings is 1. The minimum absolute atomic E-state index is 0.0237. The highest BCUT2D eigenvalue weighted by Gasteiger charge is 2.08. The summed E-state index contributed by atoms with van der Waals surface area (Å²) in [4.78, 5) is 23.5. The Labute approximate surface area is 102 Å². The molecule has 0 aliphatic carbocycles. The topological polar surface area (TPSA) is 54.4 Å². The van der Waals surface area contributed by atoms with Gasteiger partial charge in [0.15, 0.2) is 12.1 Å². The standard InChI is InChI=1S/C13H10O3S/c1-8(15)12-4-5-13(17-12)9-2-3-11(16)10(6-9)7-14/h2-7,16H,1H3. The van der Waals surface area contributed by atoms with E-state index in [1.165, 1.54) is 24.3 Å². The fraction of sp³-hybridized carbons (Fsp3) is 0.0769.